The van der Waals surface area contributed by atoms with Crippen LogP contribution in [0.3, 0.4) is 0 Å². The maximum absolute atomic E-state index is 11.3. The highest BCUT2D eigenvalue weighted by atomic mass is 35.5. The van der Waals surface area contributed by atoms with Gasteiger partial charge in [-0.2, -0.15) is 0 Å². The average molecular weight is 281 g/mol. The molecule has 0 aliphatic rings. The van der Waals surface area contributed by atoms with Crippen molar-refractivity contribution < 1.29 is 9.53 Å². The Morgan fingerprint density at radius 1 is 1.50 bits per heavy atom. The molecule has 0 atom stereocenters. The number of carbonyl (C=O) groups excluding carboxylic acids is 1. The molecule has 2 aromatic heterocycles. The minimum atomic E-state index is -0.379. The first kappa shape index (κ1) is 15.1. The number of rotatable bonds is 2. The van der Waals surface area contributed by atoms with Gasteiger partial charge in [-0.1, -0.05) is 11.3 Å². The molecule has 2 aromatic rings. The first-order valence-corrected chi connectivity index (χ1v) is 5.01. The summed E-state index contributed by atoms with van der Waals surface area (Å²) in [5, 5.41) is 0.362. The molecule has 0 aliphatic heterocycles. The van der Waals surface area contributed by atoms with E-state index in [1.165, 1.54) is 11.3 Å². The van der Waals surface area contributed by atoms with Gasteiger partial charge >= 0.3 is 5.97 Å². The third-order valence-corrected chi connectivity index (χ3v) is 2.58. The summed E-state index contributed by atoms with van der Waals surface area (Å²) >= 11 is 1.25. The topological polar surface area (TPSA) is 52.1 Å². The summed E-state index contributed by atoms with van der Waals surface area (Å²) in [6.07, 6.45) is 1.68. The Bertz CT molecular complexity index is 442. The lowest BCUT2D eigenvalue weighted by atomic mass is 10.5. The zero-order valence-electron chi connectivity index (χ0n) is 8.37. The molecular weight excluding hydrogens is 271 g/mol. The number of hydrogen-bond donors (Lipinski definition) is 0. The number of nitrogens with zero attached hydrogens (tertiary/aromatic N) is 2. The van der Waals surface area contributed by atoms with E-state index in [0.717, 1.165) is 10.3 Å². The molecule has 0 amide bonds. The predicted octanol–water partition coefficient (Wildman–Crippen LogP) is 2.71. The van der Waals surface area contributed by atoms with Crippen LogP contribution in [0.4, 0.5) is 0 Å². The quantitative estimate of drug-likeness (QED) is 0.794. The van der Waals surface area contributed by atoms with Gasteiger partial charge in [0, 0.05) is 6.20 Å². The number of hydrogen-bond acceptors (Lipinski definition) is 5. The second-order valence-corrected chi connectivity index (χ2v) is 3.54. The van der Waals surface area contributed by atoms with Crippen molar-refractivity contribution >= 4 is 52.5 Å². The van der Waals surface area contributed by atoms with Gasteiger partial charge in [-0.15, -0.1) is 24.8 Å². The van der Waals surface area contributed by atoms with Crippen molar-refractivity contribution in [1.29, 1.82) is 0 Å². The van der Waals surface area contributed by atoms with Crippen LogP contribution in [0, 0.1) is 0 Å². The lowest BCUT2D eigenvalue weighted by Gasteiger charge is -1.94. The number of carbonyl (C=O) groups is 1. The number of fused-ring (bicyclic) bond motifs is 1. The van der Waals surface area contributed by atoms with Gasteiger partial charge in [0.15, 0.2) is 0 Å². The molecule has 2 rings (SSSR count). The molecule has 16 heavy (non-hydrogen) atoms. The van der Waals surface area contributed by atoms with E-state index in [0.29, 0.717) is 11.6 Å². The van der Waals surface area contributed by atoms with Gasteiger partial charge < -0.3 is 4.74 Å². The molecule has 0 radical (unpaired) electrons. The van der Waals surface area contributed by atoms with Crippen LogP contribution < -0.4 is 0 Å². The van der Waals surface area contributed by atoms with Crippen molar-refractivity contribution in [3.8, 4) is 0 Å². The number of ether oxygens (including phenoxy) is 1. The number of thiazole rings is 1. The molecular formula is C9H10Cl2N2O2S. The Labute approximate surface area is 109 Å². The average Bonchev–Trinajstić information content (AvgIpc) is 2.61. The third kappa shape index (κ3) is 3.04. The van der Waals surface area contributed by atoms with E-state index in [4.69, 9.17) is 4.74 Å². The second-order valence-electron chi connectivity index (χ2n) is 2.57. The molecule has 4 nitrogen and oxygen atoms in total. The van der Waals surface area contributed by atoms with E-state index in [1.807, 2.05) is 6.07 Å². The summed E-state index contributed by atoms with van der Waals surface area (Å²) < 4.78 is 4.84. The van der Waals surface area contributed by atoms with Crippen LogP contribution in [0.25, 0.3) is 10.3 Å². The molecule has 0 unspecified atom stereocenters. The third-order valence-electron chi connectivity index (χ3n) is 1.62. The van der Waals surface area contributed by atoms with E-state index in [1.54, 1.807) is 19.2 Å². The monoisotopic (exact) mass is 280 g/mol. The van der Waals surface area contributed by atoms with Gasteiger partial charge in [0.2, 0.25) is 5.01 Å². The molecule has 2 heterocycles. The molecule has 0 spiro atoms. The van der Waals surface area contributed by atoms with Gasteiger partial charge in [-0.3, -0.25) is 0 Å². The van der Waals surface area contributed by atoms with E-state index >= 15 is 0 Å². The molecule has 0 saturated heterocycles. The zero-order valence-corrected chi connectivity index (χ0v) is 10.8. The Kier molecular flexibility index (Phi) is 6.25. The van der Waals surface area contributed by atoms with Crippen molar-refractivity contribution in [2.75, 3.05) is 6.61 Å². The molecule has 0 aromatic carbocycles. The first-order valence-electron chi connectivity index (χ1n) is 4.20. The van der Waals surface area contributed by atoms with Gasteiger partial charge in [-0.25, -0.2) is 14.8 Å². The van der Waals surface area contributed by atoms with E-state index in [2.05, 4.69) is 9.97 Å². The van der Waals surface area contributed by atoms with Crippen LogP contribution in [0.15, 0.2) is 18.3 Å². The number of aromatic nitrogens is 2. The Morgan fingerprint density at radius 2 is 2.25 bits per heavy atom. The van der Waals surface area contributed by atoms with E-state index in [-0.39, 0.29) is 30.8 Å². The highest BCUT2D eigenvalue weighted by Crippen LogP contribution is 2.19. The number of halogens is 2. The fourth-order valence-corrected chi connectivity index (χ4v) is 1.85. The van der Waals surface area contributed by atoms with Crippen molar-refractivity contribution in [2.45, 2.75) is 6.92 Å². The molecule has 7 heteroatoms. The summed E-state index contributed by atoms with van der Waals surface area (Å²) in [5.41, 5.74) is 0.737. The molecule has 0 aliphatic carbocycles. The number of pyridine rings is 1. The van der Waals surface area contributed by atoms with Crippen LogP contribution in [0.1, 0.15) is 16.7 Å². The fourth-order valence-electron chi connectivity index (χ4n) is 1.05. The zero-order chi connectivity index (χ0) is 9.97. The normalized spacial score (nSPS) is 9.06. The van der Waals surface area contributed by atoms with Gasteiger partial charge in [0.05, 0.1) is 6.61 Å². The maximum Gasteiger partial charge on any atom is 0.367 e. The van der Waals surface area contributed by atoms with Gasteiger partial charge in [-0.05, 0) is 19.1 Å². The van der Waals surface area contributed by atoms with Crippen molar-refractivity contribution in [3.63, 3.8) is 0 Å². The summed E-state index contributed by atoms with van der Waals surface area (Å²) in [6.45, 7) is 2.13. The Morgan fingerprint density at radius 3 is 2.88 bits per heavy atom. The Balaban J connectivity index is 0.00000112. The lowest BCUT2D eigenvalue weighted by Crippen LogP contribution is -2.03. The van der Waals surface area contributed by atoms with Crippen molar-refractivity contribution in [1.82, 2.24) is 9.97 Å². The summed E-state index contributed by atoms with van der Waals surface area (Å²) in [4.78, 5) is 20.3. The van der Waals surface area contributed by atoms with Crippen LogP contribution >= 0.6 is 36.2 Å². The Hall–Kier alpha value is -0.910. The minimum absolute atomic E-state index is 0. The molecule has 0 saturated carbocycles. The summed E-state index contributed by atoms with van der Waals surface area (Å²) in [6, 6.07) is 3.61. The molecule has 0 N–H and O–H groups in total. The molecule has 0 bridgehead atoms. The van der Waals surface area contributed by atoms with E-state index < -0.39 is 0 Å². The standard InChI is InChI=1S/C9H8N2O2S.2ClH/c1-2-13-9(12)8-11-6-4-3-5-10-7(6)14-8;;/h3-5H,2H2,1H3;2*1H. The second kappa shape index (κ2) is 6.62. The summed E-state index contributed by atoms with van der Waals surface area (Å²) in [7, 11) is 0. The highest BCUT2D eigenvalue weighted by molar-refractivity contribution is 7.19. The van der Waals surface area contributed by atoms with Crippen LogP contribution in [0.2, 0.25) is 0 Å². The van der Waals surface area contributed by atoms with Crippen molar-refractivity contribution in [2.24, 2.45) is 0 Å². The van der Waals surface area contributed by atoms with Crippen molar-refractivity contribution in [3.05, 3.63) is 23.3 Å². The van der Waals surface area contributed by atoms with Gasteiger partial charge in [0.1, 0.15) is 10.3 Å². The largest absolute Gasteiger partial charge is 0.461 e. The van der Waals surface area contributed by atoms with Crippen LogP contribution in [-0.4, -0.2) is 22.5 Å². The maximum atomic E-state index is 11.3. The first-order chi connectivity index (χ1) is 6.81. The van der Waals surface area contributed by atoms with Gasteiger partial charge in [0.25, 0.3) is 0 Å². The smallest absolute Gasteiger partial charge is 0.367 e. The fraction of sp³-hybridized carbons (Fsp3) is 0.222. The SMILES string of the molecule is CCOC(=O)c1nc2cccnc2s1.Cl.Cl. The summed E-state index contributed by atoms with van der Waals surface area (Å²) in [5.74, 6) is -0.379. The van der Waals surface area contributed by atoms with E-state index in [9.17, 15) is 4.79 Å². The predicted molar refractivity (Wildman–Crippen MR) is 67.9 cm³/mol. The minimum Gasteiger partial charge on any atom is -0.461 e. The van der Waals surface area contributed by atoms with Crippen LogP contribution in [-0.2, 0) is 4.74 Å². The molecule has 0 fully saturated rings. The lowest BCUT2D eigenvalue weighted by molar-refractivity contribution is 0.0526. The van der Waals surface area contributed by atoms with Crippen LogP contribution in [0.5, 0.6) is 0 Å². The molecule has 88 valence electrons. The number of esters is 1. The highest BCUT2D eigenvalue weighted by Gasteiger charge is 2.12.